The number of nitrogens with zero attached hydrogens (tertiary/aromatic N) is 5. The molecule has 0 radical (unpaired) electrons. The van der Waals surface area contributed by atoms with Gasteiger partial charge in [-0.3, -0.25) is 4.79 Å². The summed E-state index contributed by atoms with van der Waals surface area (Å²) in [6, 6.07) is 0.566. The van der Waals surface area contributed by atoms with Crippen LogP contribution in [0.5, 0.6) is 0 Å². The Hall–Kier alpha value is -1.69. The van der Waals surface area contributed by atoms with Gasteiger partial charge >= 0.3 is 0 Å². The number of hydrogen-bond acceptors (Lipinski definition) is 5. The van der Waals surface area contributed by atoms with Crippen LogP contribution >= 0.6 is 0 Å². The van der Waals surface area contributed by atoms with E-state index >= 15 is 0 Å². The van der Waals surface area contributed by atoms with E-state index in [1.165, 1.54) is 19.3 Å². The molecule has 1 aromatic rings. The van der Waals surface area contributed by atoms with Gasteiger partial charge in [-0.15, -0.1) is 0 Å². The number of aryl methyl sites for hydroxylation is 1. The van der Waals surface area contributed by atoms with Crippen LogP contribution in [0.2, 0.25) is 0 Å². The molecule has 0 N–H and O–H groups in total. The van der Waals surface area contributed by atoms with E-state index in [4.69, 9.17) is 0 Å². The van der Waals surface area contributed by atoms with Crippen molar-refractivity contribution in [2.75, 3.05) is 45.2 Å². The SMILES string of the molecule is Cc1nc(N2CCCCC2)ncc1C(=O)N1CCCC(N(C)C)CC1. The molecule has 0 spiro atoms. The molecule has 1 aromatic heterocycles. The van der Waals surface area contributed by atoms with Crippen LogP contribution < -0.4 is 4.90 Å². The summed E-state index contributed by atoms with van der Waals surface area (Å²) in [4.78, 5) is 28.6. The van der Waals surface area contributed by atoms with E-state index in [0.29, 0.717) is 11.6 Å². The number of rotatable bonds is 3. The second-order valence-corrected chi connectivity index (χ2v) is 7.56. The van der Waals surface area contributed by atoms with Gasteiger partial charge in [0.1, 0.15) is 0 Å². The summed E-state index contributed by atoms with van der Waals surface area (Å²) >= 11 is 0. The van der Waals surface area contributed by atoms with E-state index in [1.54, 1.807) is 6.20 Å². The highest BCUT2D eigenvalue weighted by Crippen LogP contribution is 2.20. The van der Waals surface area contributed by atoms with Crippen molar-refractivity contribution in [3.05, 3.63) is 17.5 Å². The first kappa shape index (κ1) is 18.1. The molecule has 6 nitrogen and oxygen atoms in total. The zero-order valence-corrected chi connectivity index (χ0v) is 15.9. The molecule has 2 fully saturated rings. The number of aromatic nitrogens is 2. The second-order valence-electron chi connectivity index (χ2n) is 7.56. The Labute approximate surface area is 151 Å². The van der Waals surface area contributed by atoms with Crippen molar-refractivity contribution in [3.63, 3.8) is 0 Å². The van der Waals surface area contributed by atoms with Crippen molar-refractivity contribution >= 4 is 11.9 Å². The minimum absolute atomic E-state index is 0.0853. The second kappa shape index (κ2) is 8.13. The minimum atomic E-state index is 0.0853. The zero-order chi connectivity index (χ0) is 17.8. The lowest BCUT2D eigenvalue weighted by atomic mass is 10.1. The van der Waals surface area contributed by atoms with Gasteiger partial charge < -0.3 is 14.7 Å². The number of anilines is 1. The fourth-order valence-electron chi connectivity index (χ4n) is 3.88. The molecule has 3 heterocycles. The molecule has 0 aliphatic carbocycles. The fraction of sp³-hybridized carbons (Fsp3) is 0.737. The number of amides is 1. The van der Waals surface area contributed by atoms with Crippen LogP contribution in [0, 0.1) is 6.92 Å². The third kappa shape index (κ3) is 4.29. The van der Waals surface area contributed by atoms with Crippen molar-refractivity contribution in [3.8, 4) is 0 Å². The van der Waals surface area contributed by atoms with E-state index < -0.39 is 0 Å². The van der Waals surface area contributed by atoms with E-state index in [-0.39, 0.29) is 5.91 Å². The summed E-state index contributed by atoms with van der Waals surface area (Å²) in [5, 5.41) is 0. The van der Waals surface area contributed by atoms with Crippen molar-refractivity contribution in [1.29, 1.82) is 0 Å². The lowest BCUT2D eigenvalue weighted by Gasteiger charge is -2.27. The average molecular weight is 345 g/mol. The molecule has 0 saturated carbocycles. The van der Waals surface area contributed by atoms with Crippen LogP contribution in [0.15, 0.2) is 6.20 Å². The molecule has 138 valence electrons. The quantitative estimate of drug-likeness (QED) is 0.842. The van der Waals surface area contributed by atoms with Crippen molar-refractivity contribution in [2.24, 2.45) is 0 Å². The molecule has 25 heavy (non-hydrogen) atoms. The van der Waals surface area contributed by atoms with Gasteiger partial charge in [0.15, 0.2) is 0 Å². The van der Waals surface area contributed by atoms with Crippen LogP contribution in [0.1, 0.15) is 54.6 Å². The highest BCUT2D eigenvalue weighted by Gasteiger charge is 2.24. The number of likely N-dealkylation sites (tertiary alicyclic amines) is 1. The Morgan fingerprint density at radius 2 is 1.84 bits per heavy atom. The Kier molecular flexibility index (Phi) is 5.89. The summed E-state index contributed by atoms with van der Waals surface area (Å²) in [7, 11) is 4.25. The number of hydrogen-bond donors (Lipinski definition) is 0. The van der Waals surface area contributed by atoms with Gasteiger partial charge in [-0.1, -0.05) is 0 Å². The van der Waals surface area contributed by atoms with Crippen LogP contribution in [-0.4, -0.2) is 72.0 Å². The Morgan fingerprint density at radius 1 is 1.08 bits per heavy atom. The monoisotopic (exact) mass is 345 g/mol. The maximum Gasteiger partial charge on any atom is 0.257 e. The van der Waals surface area contributed by atoms with Gasteiger partial charge in [-0.25, -0.2) is 9.97 Å². The van der Waals surface area contributed by atoms with Gasteiger partial charge in [-0.05, 0) is 59.5 Å². The first-order valence-corrected chi connectivity index (χ1v) is 9.60. The number of carbonyl (C=O) groups is 1. The van der Waals surface area contributed by atoms with Gasteiger partial charge in [0, 0.05) is 38.4 Å². The number of piperidine rings is 1. The van der Waals surface area contributed by atoms with Crippen molar-refractivity contribution in [1.82, 2.24) is 19.8 Å². The molecule has 0 aromatic carbocycles. The summed E-state index contributed by atoms with van der Waals surface area (Å²) in [5.74, 6) is 0.861. The van der Waals surface area contributed by atoms with Gasteiger partial charge in [0.05, 0.1) is 11.3 Å². The van der Waals surface area contributed by atoms with Gasteiger partial charge in [-0.2, -0.15) is 0 Å². The topological polar surface area (TPSA) is 52.6 Å². The van der Waals surface area contributed by atoms with E-state index in [9.17, 15) is 4.79 Å². The first-order chi connectivity index (χ1) is 12.1. The summed E-state index contributed by atoms with van der Waals surface area (Å²) in [5.41, 5.74) is 1.46. The average Bonchev–Trinajstić information content (AvgIpc) is 2.88. The van der Waals surface area contributed by atoms with Gasteiger partial charge in [0.25, 0.3) is 5.91 Å². The predicted octanol–water partition coefficient (Wildman–Crippen LogP) is 2.33. The van der Waals surface area contributed by atoms with E-state index in [2.05, 4.69) is 33.9 Å². The highest BCUT2D eigenvalue weighted by atomic mass is 16.2. The zero-order valence-electron chi connectivity index (χ0n) is 15.9. The summed E-state index contributed by atoms with van der Waals surface area (Å²) in [6.07, 6.45) is 8.66. The summed E-state index contributed by atoms with van der Waals surface area (Å²) in [6.45, 7) is 5.61. The lowest BCUT2D eigenvalue weighted by molar-refractivity contribution is 0.0757. The predicted molar refractivity (Wildman–Crippen MR) is 100 cm³/mol. The standard InChI is InChI=1S/C19H31N5O/c1-15-17(14-20-19(21-15)24-10-5-4-6-11-24)18(25)23-12-7-8-16(9-13-23)22(2)3/h14,16H,4-13H2,1-3H3. The normalized spacial score (nSPS) is 22.2. The Morgan fingerprint density at radius 3 is 2.52 bits per heavy atom. The van der Waals surface area contributed by atoms with Gasteiger partial charge in [0.2, 0.25) is 5.95 Å². The van der Waals surface area contributed by atoms with Crippen molar-refractivity contribution in [2.45, 2.75) is 51.5 Å². The Bertz CT molecular complexity index is 597. The van der Waals surface area contributed by atoms with Crippen LogP contribution in [0.3, 0.4) is 0 Å². The van der Waals surface area contributed by atoms with Crippen molar-refractivity contribution < 1.29 is 4.79 Å². The van der Waals surface area contributed by atoms with Crippen LogP contribution in [0.4, 0.5) is 5.95 Å². The maximum absolute atomic E-state index is 13.0. The third-order valence-corrected chi connectivity index (χ3v) is 5.55. The molecule has 2 aliphatic heterocycles. The molecular weight excluding hydrogens is 314 g/mol. The molecule has 1 amide bonds. The third-order valence-electron chi connectivity index (χ3n) is 5.55. The molecule has 1 atom stereocenters. The molecule has 6 heteroatoms. The molecule has 3 rings (SSSR count). The van der Waals surface area contributed by atoms with E-state index in [1.807, 2.05) is 11.8 Å². The first-order valence-electron chi connectivity index (χ1n) is 9.60. The van der Waals surface area contributed by atoms with Crippen LogP contribution in [0.25, 0.3) is 0 Å². The largest absolute Gasteiger partial charge is 0.341 e. The molecular formula is C19H31N5O. The smallest absolute Gasteiger partial charge is 0.257 e. The Balaban J connectivity index is 1.69. The minimum Gasteiger partial charge on any atom is -0.341 e. The fourth-order valence-corrected chi connectivity index (χ4v) is 3.88. The number of carbonyl (C=O) groups excluding carboxylic acids is 1. The molecule has 2 saturated heterocycles. The summed E-state index contributed by atoms with van der Waals surface area (Å²) < 4.78 is 0. The molecule has 1 unspecified atom stereocenters. The van der Waals surface area contributed by atoms with Crippen LogP contribution in [-0.2, 0) is 0 Å². The molecule has 0 bridgehead atoms. The highest BCUT2D eigenvalue weighted by molar-refractivity contribution is 5.95. The molecule has 2 aliphatic rings. The lowest BCUT2D eigenvalue weighted by Crippen LogP contribution is -2.35. The van der Waals surface area contributed by atoms with E-state index in [0.717, 1.165) is 57.1 Å². The maximum atomic E-state index is 13.0.